The normalized spacial score (nSPS) is 11.9. The lowest BCUT2D eigenvalue weighted by atomic mass is 10.0. The molecular formula is C46H27ClN6. The third kappa shape index (κ3) is 4.59. The van der Waals surface area contributed by atoms with Gasteiger partial charge in [0.05, 0.1) is 27.6 Å². The van der Waals surface area contributed by atoms with Crippen LogP contribution in [-0.4, -0.2) is 28.9 Å². The minimum atomic E-state index is 0.605. The highest BCUT2D eigenvalue weighted by atomic mass is 35.5. The molecule has 7 aromatic carbocycles. The number of pyridine rings is 1. The number of fused-ring (bicyclic) bond motifs is 12. The second-order valence-electron chi connectivity index (χ2n) is 13.2. The molecule has 6 nitrogen and oxygen atoms in total. The molecule has 4 aromatic heterocycles. The van der Waals surface area contributed by atoms with Gasteiger partial charge in [-0.05, 0) is 54.6 Å². The van der Waals surface area contributed by atoms with Crippen LogP contribution in [0.5, 0.6) is 0 Å². The van der Waals surface area contributed by atoms with Crippen LogP contribution in [0.1, 0.15) is 0 Å². The molecule has 0 amide bonds. The van der Waals surface area contributed by atoms with E-state index in [4.69, 9.17) is 31.5 Å². The van der Waals surface area contributed by atoms with Gasteiger partial charge in [0.1, 0.15) is 5.65 Å². The summed E-state index contributed by atoms with van der Waals surface area (Å²) >= 11 is 6.80. The average Bonchev–Trinajstić information content (AvgIpc) is 3.78. The largest absolute Gasteiger partial charge is 0.309 e. The number of rotatable bonds is 4. The van der Waals surface area contributed by atoms with Crippen molar-refractivity contribution in [1.29, 1.82) is 0 Å². The average molecular weight is 699 g/mol. The van der Waals surface area contributed by atoms with Crippen molar-refractivity contribution in [2.45, 2.75) is 0 Å². The molecule has 0 N–H and O–H groups in total. The third-order valence-electron chi connectivity index (χ3n) is 10.2. The Balaban J connectivity index is 1.23. The minimum Gasteiger partial charge on any atom is -0.309 e. The zero-order chi connectivity index (χ0) is 35.0. The highest BCUT2D eigenvalue weighted by molar-refractivity contribution is 6.33. The van der Waals surface area contributed by atoms with Crippen molar-refractivity contribution in [2.75, 3.05) is 0 Å². The molecule has 53 heavy (non-hydrogen) atoms. The first-order valence-electron chi connectivity index (χ1n) is 17.5. The summed E-state index contributed by atoms with van der Waals surface area (Å²) in [6.45, 7) is 0. The Kier molecular flexibility index (Phi) is 6.50. The van der Waals surface area contributed by atoms with Crippen LogP contribution in [0.25, 0.3) is 100 Å². The maximum atomic E-state index is 6.80. The van der Waals surface area contributed by atoms with E-state index in [1.54, 1.807) is 0 Å². The molecule has 0 radical (unpaired) electrons. The molecule has 0 saturated carbocycles. The Labute approximate surface area is 308 Å². The summed E-state index contributed by atoms with van der Waals surface area (Å²) in [4.78, 5) is 20.2. The van der Waals surface area contributed by atoms with Gasteiger partial charge in [0.2, 0.25) is 0 Å². The monoisotopic (exact) mass is 698 g/mol. The van der Waals surface area contributed by atoms with E-state index in [2.05, 4.69) is 100.0 Å². The standard InChI is InChI=1S/C46H27ClN6/c47-31-22-25-39-36(27-31)41-35(46-48-37-19-8-10-21-40(37)53(39)46)24-23-34-33-18-7-9-20-38(33)52(42(34)41)32-17-11-16-30(26-32)45-50-43(28-12-3-1-4-13-28)49-44(51-45)29-14-5-2-6-15-29/h1-27H. The second kappa shape index (κ2) is 11.6. The van der Waals surface area contributed by atoms with E-state index in [9.17, 15) is 0 Å². The lowest BCUT2D eigenvalue weighted by molar-refractivity contribution is 1.07. The number of hydrogen-bond acceptors (Lipinski definition) is 4. The van der Waals surface area contributed by atoms with Gasteiger partial charge in [-0.25, -0.2) is 19.9 Å². The molecule has 0 atom stereocenters. The minimum absolute atomic E-state index is 0.605. The zero-order valence-corrected chi connectivity index (χ0v) is 28.9. The second-order valence-corrected chi connectivity index (χ2v) is 13.7. The highest BCUT2D eigenvalue weighted by Crippen LogP contribution is 2.42. The number of benzene rings is 7. The van der Waals surface area contributed by atoms with E-state index in [1.165, 1.54) is 0 Å². The van der Waals surface area contributed by atoms with Gasteiger partial charge in [0, 0.05) is 54.3 Å². The fraction of sp³-hybridized carbons (Fsp3) is 0. The number of nitrogens with zero attached hydrogens (tertiary/aromatic N) is 6. The van der Waals surface area contributed by atoms with Crippen molar-refractivity contribution >= 4 is 71.8 Å². The predicted molar refractivity (Wildman–Crippen MR) is 217 cm³/mol. The van der Waals surface area contributed by atoms with Crippen molar-refractivity contribution in [2.24, 2.45) is 0 Å². The molecule has 7 heteroatoms. The van der Waals surface area contributed by atoms with E-state index in [1.807, 2.05) is 72.8 Å². The molecule has 0 aliphatic carbocycles. The third-order valence-corrected chi connectivity index (χ3v) is 10.4. The lowest BCUT2D eigenvalue weighted by Gasteiger charge is -2.15. The molecule has 0 fully saturated rings. The molecule has 0 aliphatic heterocycles. The number of hydrogen-bond donors (Lipinski definition) is 0. The van der Waals surface area contributed by atoms with Gasteiger partial charge in [0.15, 0.2) is 17.5 Å². The molecule has 248 valence electrons. The van der Waals surface area contributed by atoms with Crippen molar-refractivity contribution < 1.29 is 0 Å². The number of aromatic nitrogens is 6. The van der Waals surface area contributed by atoms with Crippen LogP contribution in [0, 0.1) is 0 Å². The first-order chi connectivity index (χ1) is 26.2. The molecule has 0 unspecified atom stereocenters. The first-order valence-corrected chi connectivity index (χ1v) is 17.9. The topological polar surface area (TPSA) is 60.9 Å². The summed E-state index contributed by atoms with van der Waals surface area (Å²) < 4.78 is 4.63. The van der Waals surface area contributed by atoms with Gasteiger partial charge in [0.25, 0.3) is 0 Å². The van der Waals surface area contributed by atoms with Gasteiger partial charge in [-0.2, -0.15) is 0 Å². The van der Waals surface area contributed by atoms with Crippen LogP contribution in [0.2, 0.25) is 5.02 Å². The quantitative estimate of drug-likeness (QED) is 0.172. The molecule has 4 heterocycles. The van der Waals surface area contributed by atoms with E-state index in [0.29, 0.717) is 22.5 Å². The predicted octanol–water partition coefficient (Wildman–Crippen LogP) is 11.7. The molecule has 0 aliphatic rings. The smallest absolute Gasteiger partial charge is 0.164 e. The van der Waals surface area contributed by atoms with E-state index < -0.39 is 0 Å². The van der Waals surface area contributed by atoms with Gasteiger partial charge in [-0.1, -0.05) is 121 Å². The molecule has 11 rings (SSSR count). The van der Waals surface area contributed by atoms with Crippen LogP contribution in [0.3, 0.4) is 0 Å². The highest BCUT2D eigenvalue weighted by Gasteiger charge is 2.21. The van der Waals surface area contributed by atoms with Crippen LogP contribution in [0.4, 0.5) is 0 Å². The fourth-order valence-corrected chi connectivity index (χ4v) is 8.03. The maximum absolute atomic E-state index is 6.80. The van der Waals surface area contributed by atoms with Crippen molar-refractivity contribution in [3.05, 3.63) is 169 Å². The number of imidazole rings is 1. The SMILES string of the molecule is Clc1ccc2c(c1)c1c(ccc3c4ccccc4n(-c4cccc(-c5nc(-c6ccccc6)nc(-c6ccccc6)n5)c4)c31)c1nc3ccccc3n21. The number of para-hydroxylation sites is 3. The molecule has 0 spiro atoms. The Morgan fingerprint density at radius 2 is 1.04 bits per heavy atom. The first kappa shape index (κ1) is 29.8. The summed E-state index contributed by atoms with van der Waals surface area (Å²) in [5, 5.41) is 6.21. The van der Waals surface area contributed by atoms with Gasteiger partial charge in [-0.15, -0.1) is 0 Å². The Morgan fingerprint density at radius 1 is 0.415 bits per heavy atom. The van der Waals surface area contributed by atoms with E-state index in [0.717, 1.165) is 82.5 Å². The van der Waals surface area contributed by atoms with Crippen molar-refractivity contribution in [3.8, 4) is 39.9 Å². The summed E-state index contributed by atoms with van der Waals surface area (Å²) in [5.41, 5.74) is 9.91. The van der Waals surface area contributed by atoms with Crippen LogP contribution >= 0.6 is 11.6 Å². The molecule has 0 bridgehead atoms. The van der Waals surface area contributed by atoms with Crippen molar-refractivity contribution in [3.63, 3.8) is 0 Å². The van der Waals surface area contributed by atoms with Gasteiger partial charge in [-0.3, -0.25) is 4.40 Å². The van der Waals surface area contributed by atoms with Crippen LogP contribution in [0.15, 0.2) is 164 Å². The lowest BCUT2D eigenvalue weighted by Crippen LogP contribution is -2.01. The Bertz CT molecular complexity index is 3180. The van der Waals surface area contributed by atoms with Crippen LogP contribution in [-0.2, 0) is 0 Å². The van der Waals surface area contributed by atoms with Gasteiger partial charge < -0.3 is 4.57 Å². The van der Waals surface area contributed by atoms with Crippen LogP contribution < -0.4 is 0 Å². The molecule has 0 saturated heterocycles. The van der Waals surface area contributed by atoms with E-state index in [-0.39, 0.29) is 0 Å². The fourth-order valence-electron chi connectivity index (χ4n) is 7.86. The summed E-state index contributed by atoms with van der Waals surface area (Å²) in [6.07, 6.45) is 0. The van der Waals surface area contributed by atoms with E-state index >= 15 is 0 Å². The maximum Gasteiger partial charge on any atom is 0.164 e. The summed E-state index contributed by atoms with van der Waals surface area (Å²) in [5.74, 6) is 1.86. The Morgan fingerprint density at radius 3 is 1.79 bits per heavy atom. The zero-order valence-electron chi connectivity index (χ0n) is 28.1. The summed E-state index contributed by atoms with van der Waals surface area (Å²) in [7, 11) is 0. The Hall–Kier alpha value is -6.89. The summed E-state index contributed by atoms with van der Waals surface area (Å²) in [6, 6.07) is 56.2. The van der Waals surface area contributed by atoms with Crippen molar-refractivity contribution in [1.82, 2.24) is 28.9 Å². The number of halogens is 1. The van der Waals surface area contributed by atoms with Gasteiger partial charge >= 0.3 is 0 Å². The molecular weight excluding hydrogens is 672 g/mol. The molecule has 11 aromatic rings.